The van der Waals surface area contributed by atoms with Crippen molar-refractivity contribution in [1.29, 1.82) is 0 Å². The third kappa shape index (κ3) is 4.61. The number of benzene rings is 2. The summed E-state index contributed by atoms with van der Waals surface area (Å²) < 4.78 is 15.6. The SMILES string of the molecule is CN(C)CCn1ccc2cc(Nc3nccc(-c4sc(N)nc4-c4ccc(F)cc4)n3)ccc21. The minimum absolute atomic E-state index is 0.299. The number of thiazole rings is 1. The molecule has 2 aromatic carbocycles. The molecule has 0 aliphatic carbocycles. The van der Waals surface area contributed by atoms with Gasteiger partial charge in [-0.05, 0) is 68.7 Å². The quantitative estimate of drug-likeness (QED) is 0.336. The molecule has 0 aliphatic heterocycles. The lowest BCUT2D eigenvalue weighted by Crippen LogP contribution is -2.17. The highest BCUT2D eigenvalue weighted by Gasteiger charge is 2.16. The van der Waals surface area contributed by atoms with Gasteiger partial charge >= 0.3 is 0 Å². The van der Waals surface area contributed by atoms with Crippen LogP contribution in [0, 0.1) is 5.82 Å². The number of nitrogen functional groups attached to an aromatic ring is 1. The summed E-state index contributed by atoms with van der Waals surface area (Å²) in [5.41, 5.74) is 10.2. The summed E-state index contributed by atoms with van der Waals surface area (Å²) >= 11 is 1.34. The molecular formula is C25H24FN7S. The number of halogens is 1. The van der Waals surface area contributed by atoms with Gasteiger partial charge in [0.25, 0.3) is 0 Å². The highest BCUT2D eigenvalue weighted by atomic mass is 32.1. The summed E-state index contributed by atoms with van der Waals surface area (Å²) in [4.78, 5) is 16.5. The van der Waals surface area contributed by atoms with E-state index < -0.39 is 0 Å². The van der Waals surface area contributed by atoms with Gasteiger partial charge < -0.3 is 20.5 Å². The molecular weight excluding hydrogens is 449 g/mol. The van der Waals surface area contributed by atoms with Crippen LogP contribution in [0.3, 0.4) is 0 Å². The molecule has 0 atom stereocenters. The van der Waals surface area contributed by atoms with Crippen molar-refractivity contribution in [2.24, 2.45) is 0 Å². The Bertz CT molecular complexity index is 1440. The van der Waals surface area contributed by atoms with Crippen molar-refractivity contribution in [2.45, 2.75) is 6.54 Å². The normalized spacial score (nSPS) is 11.4. The number of rotatable bonds is 7. The van der Waals surface area contributed by atoms with Crippen molar-refractivity contribution in [1.82, 2.24) is 24.4 Å². The molecule has 3 aromatic heterocycles. The van der Waals surface area contributed by atoms with Crippen molar-refractivity contribution >= 4 is 39.0 Å². The molecule has 7 nitrogen and oxygen atoms in total. The van der Waals surface area contributed by atoms with E-state index in [4.69, 9.17) is 10.7 Å². The molecule has 0 unspecified atom stereocenters. The number of anilines is 3. The summed E-state index contributed by atoms with van der Waals surface area (Å²) in [6, 6.07) is 16.3. The molecule has 172 valence electrons. The van der Waals surface area contributed by atoms with Crippen LogP contribution in [0.25, 0.3) is 32.7 Å². The van der Waals surface area contributed by atoms with Gasteiger partial charge in [0.15, 0.2) is 5.13 Å². The Hall–Kier alpha value is -3.82. The largest absolute Gasteiger partial charge is 0.375 e. The predicted octanol–water partition coefficient (Wildman–Crippen LogP) is 5.25. The first-order chi connectivity index (χ1) is 16.5. The molecule has 0 bridgehead atoms. The van der Waals surface area contributed by atoms with E-state index in [2.05, 4.69) is 63.2 Å². The molecule has 0 spiro atoms. The summed E-state index contributed by atoms with van der Waals surface area (Å²) in [6.45, 7) is 1.91. The summed E-state index contributed by atoms with van der Waals surface area (Å²) in [5.74, 6) is 0.174. The Morgan fingerprint density at radius 3 is 2.68 bits per heavy atom. The number of nitrogens with two attached hydrogens (primary N) is 1. The van der Waals surface area contributed by atoms with Gasteiger partial charge in [-0.25, -0.2) is 19.3 Å². The van der Waals surface area contributed by atoms with Crippen LogP contribution in [0.5, 0.6) is 0 Å². The Balaban J connectivity index is 1.41. The van der Waals surface area contributed by atoms with Gasteiger partial charge in [0.1, 0.15) is 5.82 Å². The van der Waals surface area contributed by atoms with Gasteiger partial charge in [0.05, 0.1) is 16.3 Å². The fraction of sp³-hybridized carbons (Fsp3) is 0.160. The number of aromatic nitrogens is 4. The van der Waals surface area contributed by atoms with Crippen LogP contribution in [-0.2, 0) is 6.54 Å². The van der Waals surface area contributed by atoms with E-state index in [1.807, 2.05) is 12.1 Å². The number of likely N-dealkylation sites (N-methyl/N-ethyl adjacent to an activating group) is 1. The average molecular weight is 474 g/mol. The van der Waals surface area contributed by atoms with E-state index in [9.17, 15) is 4.39 Å². The first kappa shape index (κ1) is 22.0. The van der Waals surface area contributed by atoms with Crippen LogP contribution in [0.1, 0.15) is 0 Å². The van der Waals surface area contributed by atoms with E-state index in [1.165, 1.54) is 29.0 Å². The van der Waals surface area contributed by atoms with Gasteiger partial charge in [-0.1, -0.05) is 11.3 Å². The molecule has 0 radical (unpaired) electrons. The van der Waals surface area contributed by atoms with Crippen LogP contribution in [0.4, 0.5) is 21.2 Å². The maximum atomic E-state index is 13.4. The molecule has 0 saturated carbocycles. The molecule has 9 heteroatoms. The van der Waals surface area contributed by atoms with Gasteiger partial charge in [0, 0.05) is 47.6 Å². The maximum absolute atomic E-state index is 13.4. The van der Waals surface area contributed by atoms with Crippen molar-refractivity contribution in [2.75, 3.05) is 31.7 Å². The zero-order valence-corrected chi connectivity index (χ0v) is 19.7. The van der Waals surface area contributed by atoms with E-state index in [1.54, 1.807) is 18.3 Å². The van der Waals surface area contributed by atoms with Crippen molar-refractivity contribution in [3.8, 4) is 21.8 Å². The van der Waals surface area contributed by atoms with E-state index >= 15 is 0 Å². The van der Waals surface area contributed by atoms with E-state index in [-0.39, 0.29) is 5.82 Å². The van der Waals surface area contributed by atoms with Crippen LogP contribution >= 0.6 is 11.3 Å². The fourth-order valence-electron chi connectivity index (χ4n) is 3.77. The summed E-state index contributed by atoms with van der Waals surface area (Å²) in [6.07, 6.45) is 3.81. The summed E-state index contributed by atoms with van der Waals surface area (Å²) in [7, 11) is 4.15. The Morgan fingerprint density at radius 1 is 1.06 bits per heavy atom. The topological polar surface area (TPSA) is 84.9 Å². The molecule has 5 aromatic rings. The maximum Gasteiger partial charge on any atom is 0.227 e. The second kappa shape index (κ2) is 9.20. The zero-order valence-electron chi connectivity index (χ0n) is 18.9. The first-order valence-electron chi connectivity index (χ1n) is 10.8. The van der Waals surface area contributed by atoms with Crippen LogP contribution in [0.2, 0.25) is 0 Å². The first-order valence-corrected chi connectivity index (χ1v) is 11.6. The molecule has 0 saturated heterocycles. The smallest absolute Gasteiger partial charge is 0.227 e. The third-order valence-corrected chi connectivity index (χ3v) is 6.37. The van der Waals surface area contributed by atoms with Crippen molar-refractivity contribution in [3.05, 3.63) is 72.8 Å². The zero-order chi connectivity index (χ0) is 23.7. The van der Waals surface area contributed by atoms with Crippen molar-refractivity contribution < 1.29 is 4.39 Å². The highest BCUT2D eigenvalue weighted by Crippen LogP contribution is 2.37. The van der Waals surface area contributed by atoms with E-state index in [0.29, 0.717) is 22.5 Å². The molecule has 3 heterocycles. The molecule has 0 amide bonds. The Morgan fingerprint density at radius 2 is 1.88 bits per heavy atom. The number of hydrogen-bond acceptors (Lipinski definition) is 7. The number of fused-ring (bicyclic) bond motifs is 1. The lowest BCUT2D eigenvalue weighted by atomic mass is 10.1. The highest BCUT2D eigenvalue weighted by molar-refractivity contribution is 7.19. The minimum atomic E-state index is -0.299. The second-order valence-corrected chi connectivity index (χ2v) is 9.24. The van der Waals surface area contributed by atoms with Gasteiger partial charge in [-0.3, -0.25) is 0 Å². The molecule has 0 aliphatic rings. The number of nitrogens with zero attached hydrogens (tertiary/aromatic N) is 5. The van der Waals surface area contributed by atoms with Gasteiger partial charge in [-0.2, -0.15) is 0 Å². The molecule has 34 heavy (non-hydrogen) atoms. The van der Waals surface area contributed by atoms with Crippen LogP contribution in [-0.4, -0.2) is 45.1 Å². The monoisotopic (exact) mass is 473 g/mol. The molecule has 0 fully saturated rings. The number of hydrogen-bond donors (Lipinski definition) is 2. The second-order valence-electron chi connectivity index (χ2n) is 8.21. The van der Waals surface area contributed by atoms with Crippen LogP contribution < -0.4 is 11.1 Å². The Labute approximate surface area is 200 Å². The fourth-order valence-corrected chi connectivity index (χ4v) is 4.59. The van der Waals surface area contributed by atoms with Crippen molar-refractivity contribution in [3.63, 3.8) is 0 Å². The van der Waals surface area contributed by atoms with E-state index in [0.717, 1.165) is 34.6 Å². The Kier molecular flexibility index (Phi) is 5.95. The average Bonchev–Trinajstić information content (AvgIpc) is 3.41. The molecule has 3 N–H and O–H groups in total. The third-order valence-electron chi connectivity index (χ3n) is 5.46. The minimum Gasteiger partial charge on any atom is -0.375 e. The lowest BCUT2D eigenvalue weighted by molar-refractivity contribution is 0.387. The standard InChI is InChI=1S/C25H24FN7S/c1-32(2)13-14-33-12-10-17-15-19(7-8-21(17)33)29-25-28-11-9-20(30-25)23-22(31-24(27)34-23)16-3-5-18(26)6-4-16/h3-12,15H,13-14H2,1-2H3,(H2,27,31)(H,28,29,30). The predicted molar refractivity (Wildman–Crippen MR) is 137 cm³/mol. The van der Waals surface area contributed by atoms with Gasteiger partial charge in [-0.15, -0.1) is 0 Å². The summed E-state index contributed by atoms with van der Waals surface area (Å²) in [5, 5.41) is 4.87. The lowest BCUT2D eigenvalue weighted by Gasteiger charge is -2.11. The van der Waals surface area contributed by atoms with Gasteiger partial charge in [0.2, 0.25) is 5.95 Å². The molecule has 5 rings (SSSR count). The van der Waals surface area contributed by atoms with Crippen LogP contribution in [0.15, 0.2) is 67.0 Å². The number of nitrogens with one attached hydrogen (secondary N) is 1.